The third-order valence-electron chi connectivity index (χ3n) is 4.63. The summed E-state index contributed by atoms with van der Waals surface area (Å²) >= 11 is 0. The van der Waals surface area contributed by atoms with Gasteiger partial charge in [0.15, 0.2) is 6.61 Å². The maximum absolute atomic E-state index is 11.8. The van der Waals surface area contributed by atoms with E-state index in [0.717, 1.165) is 38.2 Å². The van der Waals surface area contributed by atoms with Crippen molar-refractivity contribution in [1.29, 1.82) is 0 Å². The monoisotopic (exact) mass is 367 g/mol. The van der Waals surface area contributed by atoms with Gasteiger partial charge in [0, 0.05) is 25.2 Å². The molecule has 6 nitrogen and oxygen atoms in total. The highest BCUT2D eigenvalue weighted by molar-refractivity contribution is 5.95. The van der Waals surface area contributed by atoms with Gasteiger partial charge in [-0.05, 0) is 62.5 Å². The molecule has 1 aromatic rings. The zero-order chi connectivity index (χ0) is 16.8. The van der Waals surface area contributed by atoms with E-state index in [4.69, 9.17) is 4.74 Å². The Kier molecular flexibility index (Phi) is 7.52. The van der Waals surface area contributed by atoms with Crippen LogP contribution in [0.2, 0.25) is 0 Å². The Labute approximate surface area is 154 Å². The van der Waals surface area contributed by atoms with Crippen molar-refractivity contribution in [3.05, 3.63) is 24.3 Å². The number of nitrogens with zero attached hydrogens (tertiary/aromatic N) is 1. The molecule has 2 heterocycles. The van der Waals surface area contributed by atoms with Crippen molar-refractivity contribution in [2.45, 2.75) is 25.7 Å². The van der Waals surface area contributed by atoms with Gasteiger partial charge < -0.3 is 20.3 Å². The molecule has 0 aromatic heterocycles. The second-order valence-electron chi connectivity index (χ2n) is 6.43. The molecule has 0 saturated carbocycles. The normalized spacial score (nSPS) is 19.6. The van der Waals surface area contributed by atoms with Gasteiger partial charge in [-0.2, -0.15) is 0 Å². The van der Waals surface area contributed by atoms with Crippen molar-refractivity contribution < 1.29 is 14.3 Å². The average molecular weight is 368 g/mol. The molecule has 2 aliphatic heterocycles. The molecule has 2 aliphatic rings. The Morgan fingerprint density at radius 1 is 1.32 bits per heavy atom. The van der Waals surface area contributed by atoms with Crippen molar-refractivity contribution in [1.82, 2.24) is 10.6 Å². The molecule has 138 valence electrons. The molecule has 0 spiro atoms. The van der Waals surface area contributed by atoms with Crippen LogP contribution in [0.3, 0.4) is 0 Å². The highest BCUT2D eigenvalue weighted by atomic mass is 35.5. The summed E-state index contributed by atoms with van der Waals surface area (Å²) in [5.74, 6) is 1.38. The molecule has 2 fully saturated rings. The summed E-state index contributed by atoms with van der Waals surface area (Å²) in [4.78, 5) is 25.3. The van der Waals surface area contributed by atoms with Crippen LogP contribution in [0.1, 0.15) is 25.7 Å². The second-order valence-corrected chi connectivity index (χ2v) is 6.43. The molecule has 1 unspecified atom stereocenters. The van der Waals surface area contributed by atoms with Crippen LogP contribution in [0.5, 0.6) is 5.75 Å². The van der Waals surface area contributed by atoms with Crippen LogP contribution < -0.4 is 20.3 Å². The minimum absolute atomic E-state index is 0. The molecule has 1 atom stereocenters. The predicted molar refractivity (Wildman–Crippen MR) is 99.4 cm³/mol. The van der Waals surface area contributed by atoms with E-state index in [9.17, 15) is 9.59 Å². The third kappa shape index (κ3) is 5.61. The number of amides is 2. The van der Waals surface area contributed by atoms with E-state index in [0.29, 0.717) is 24.6 Å². The number of ether oxygens (including phenoxy) is 1. The SMILES string of the molecule is Cl.O=C(COc1ccc(N2CCCC2=O)cc1)NCCC1CCNC1. The van der Waals surface area contributed by atoms with Gasteiger partial charge in [-0.1, -0.05) is 0 Å². The van der Waals surface area contributed by atoms with Crippen LogP contribution in [0.4, 0.5) is 5.69 Å². The third-order valence-corrected chi connectivity index (χ3v) is 4.63. The van der Waals surface area contributed by atoms with Crippen molar-refractivity contribution in [3.8, 4) is 5.75 Å². The molecular weight excluding hydrogens is 342 g/mol. The highest BCUT2D eigenvalue weighted by Crippen LogP contribution is 2.23. The van der Waals surface area contributed by atoms with Gasteiger partial charge in [0.1, 0.15) is 5.75 Å². The van der Waals surface area contributed by atoms with E-state index in [1.807, 2.05) is 12.1 Å². The van der Waals surface area contributed by atoms with Crippen molar-refractivity contribution >= 4 is 29.9 Å². The standard InChI is InChI=1S/C18H25N3O3.ClH/c22-17(20-10-8-14-7-9-19-12-14)13-24-16-5-3-15(4-6-16)21-11-1-2-18(21)23;/h3-6,14,19H,1-2,7-13H2,(H,20,22);1H. The number of benzene rings is 1. The largest absolute Gasteiger partial charge is 0.484 e. The van der Waals surface area contributed by atoms with Crippen molar-refractivity contribution in [2.24, 2.45) is 5.92 Å². The van der Waals surface area contributed by atoms with Crippen LogP contribution in [-0.4, -0.2) is 44.6 Å². The van der Waals surface area contributed by atoms with Gasteiger partial charge in [0.25, 0.3) is 5.91 Å². The van der Waals surface area contributed by atoms with Gasteiger partial charge in [-0.3, -0.25) is 9.59 Å². The number of anilines is 1. The molecule has 0 radical (unpaired) electrons. The van der Waals surface area contributed by atoms with E-state index in [2.05, 4.69) is 10.6 Å². The number of carbonyl (C=O) groups is 2. The first-order chi connectivity index (χ1) is 11.7. The quantitative estimate of drug-likeness (QED) is 0.770. The Morgan fingerprint density at radius 2 is 2.12 bits per heavy atom. The van der Waals surface area contributed by atoms with Gasteiger partial charge in [0.05, 0.1) is 0 Å². The van der Waals surface area contributed by atoms with Gasteiger partial charge in [-0.15, -0.1) is 12.4 Å². The lowest BCUT2D eigenvalue weighted by Crippen LogP contribution is -2.30. The van der Waals surface area contributed by atoms with Crippen LogP contribution in [0, 0.1) is 5.92 Å². The fraction of sp³-hybridized carbons (Fsp3) is 0.556. The van der Waals surface area contributed by atoms with Gasteiger partial charge in [0.2, 0.25) is 5.91 Å². The van der Waals surface area contributed by atoms with Crippen LogP contribution >= 0.6 is 12.4 Å². The van der Waals surface area contributed by atoms with E-state index in [1.165, 1.54) is 6.42 Å². The Morgan fingerprint density at radius 3 is 2.76 bits per heavy atom. The number of halogens is 1. The molecule has 25 heavy (non-hydrogen) atoms. The lowest BCUT2D eigenvalue weighted by Gasteiger charge is -2.16. The molecule has 3 rings (SSSR count). The Bertz CT molecular complexity index is 573. The number of carbonyl (C=O) groups excluding carboxylic acids is 2. The molecule has 1 aromatic carbocycles. The lowest BCUT2D eigenvalue weighted by atomic mass is 10.1. The molecular formula is C18H26ClN3O3. The molecule has 2 saturated heterocycles. The number of rotatable bonds is 7. The molecule has 0 aliphatic carbocycles. The Balaban J connectivity index is 0.00000225. The number of hydrogen-bond donors (Lipinski definition) is 2. The maximum atomic E-state index is 11.8. The first-order valence-corrected chi connectivity index (χ1v) is 8.73. The van der Waals surface area contributed by atoms with E-state index in [-0.39, 0.29) is 30.8 Å². The van der Waals surface area contributed by atoms with Crippen LogP contribution in [-0.2, 0) is 9.59 Å². The van der Waals surface area contributed by atoms with Gasteiger partial charge in [-0.25, -0.2) is 0 Å². The second kappa shape index (κ2) is 9.63. The summed E-state index contributed by atoms with van der Waals surface area (Å²) in [6.07, 6.45) is 3.74. The first-order valence-electron chi connectivity index (χ1n) is 8.73. The van der Waals surface area contributed by atoms with Gasteiger partial charge >= 0.3 is 0 Å². The molecule has 2 amide bonds. The zero-order valence-corrected chi connectivity index (χ0v) is 15.1. The van der Waals surface area contributed by atoms with E-state index in [1.54, 1.807) is 17.0 Å². The number of nitrogens with one attached hydrogen (secondary N) is 2. The molecule has 2 N–H and O–H groups in total. The minimum atomic E-state index is -0.0975. The zero-order valence-electron chi connectivity index (χ0n) is 14.3. The summed E-state index contributed by atoms with van der Waals surface area (Å²) in [6, 6.07) is 7.34. The summed E-state index contributed by atoms with van der Waals surface area (Å²) in [5.41, 5.74) is 0.888. The van der Waals surface area contributed by atoms with E-state index < -0.39 is 0 Å². The van der Waals surface area contributed by atoms with E-state index >= 15 is 0 Å². The summed E-state index contributed by atoms with van der Waals surface area (Å²) < 4.78 is 5.51. The van der Waals surface area contributed by atoms with Crippen LogP contribution in [0.25, 0.3) is 0 Å². The maximum Gasteiger partial charge on any atom is 0.257 e. The predicted octanol–water partition coefficient (Wildman–Crippen LogP) is 1.73. The van der Waals surface area contributed by atoms with Crippen molar-refractivity contribution in [3.63, 3.8) is 0 Å². The summed E-state index contributed by atoms with van der Waals surface area (Å²) in [5, 5.41) is 6.22. The van der Waals surface area contributed by atoms with Crippen LogP contribution in [0.15, 0.2) is 24.3 Å². The fourth-order valence-corrected chi connectivity index (χ4v) is 3.22. The lowest BCUT2D eigenvalue weighted by molar-refractivity contribution is -0.123. The molecule has 0 bridgehead atoms. The first kappa shape index (κ1) is 19.5. The molecule has 7 heteroatoms. The average Bonchev–Trinajstić information content (AvgIpc) is 3.25. The Hall–Kier alpha value is -1.79. The highest BCUT2D eigenvalue weighted by Gasteiger charge is 2.21. The summed E-state index contributed by atoms with van der Waals surface area (Å²) in [7, 11) is 0. The summed E-state index contributed by atoms with van der Waals surface area (Å²) in [6.45, 7) is 3.63. The van der Waals surface area contributed by atoms with Crippen molar-refractivity contribution in [2.75, 3.05) is 37.7 Å². The smallest absolute Gasteiger partial charge is 0.257 e. The minimum Gasteiger partial charge on any atom is -0.484 e. The number of hydrogen-bond acceptors (Lipinski definition) is 4. The fourth-order valence-electron chi connectivity index (χ4n) is 3.22. The topological polar surface area (TPSA) is 70.7 Å².